The van der Waals surface area contributed by atoms with E-state index >= 15 is 0 Å². The Kier molecular flexibility index (Phi) is 7.61. The van der Waals surface area contributed by atoms with Crippen LogP contribution in [0.25, 0.3) is 0 Å². The molecule has 0 spiro atoms. The van der Waals surface area contributed by atoms with E-state index in [1.165, 1.54) is 0 Å². The predicted octanol–water partition coefficient (Wildman–Crippen LogP) is 3.67. The number of rotatable bonds is 7. The van der Waals surface area contributed by atoms with Gasteiger partial charge < -0.3 is 9.19 Å². The van der Waals surface area contributed by atoms with Crippen molar-refractivity contribution in [2.75, 3.05) is 13.7 Å². The summed E-state index contributed by atoms with van der Waals surface area (Å²) < 4.78 is 7.54. The van der Waals surface area contributed by atoms with Crippen LogP contribution in [0.4, 0.5) is 0 Å². The second-order valence-electron chi connectivity index (χ2n) is 2.89. The number of nitrogens with zero attached hydrogens (tertiary/aromatic N) is 1. The second kappa shape index (κ2) is 7.18. The van der Waals surface area contributed by atoms with E-state index in [2.05, 4.69) is 13.8 Å². The molecule has 0 aliphatic heterocycles. The molecule has 0 aliphatic rings. The summed E-state index contributed by atoms with van der Waals surface area (Å²) >= 11 is 12.2. The van der Waals surface area contributed by atoms with E-state index in [9.17, 15) is 0 Å². The summed E-state index contributed by atoms with van der Waals surface area (Å²) in [6, 6.07) is 0. The summed E-state index contributed by atoms with van der Waals surface area (Å²) in [7, 11) is 1.90. The molecule has 2 unspecified atom stereocenters. The summed E-state index contributed by atoms with van der Waals surface area (Å²) in [5.74, 6) is 0. The van der Waals surface area contributed by atoms with Crippen LogP contribution in [0.3, 0.4) is 0 Å². The van der Waals surface area contributed by atoms with Gasteiger partial charge in [0.2, 0.25) is 5.62 Å². The van der Waals surface area contributed by atoms with Crippen molar-refractivity contribution >= 4 is 46.5 Å². The lowest BCUT2D eigenvalue weighted by atomic mass is 10.4. The van der Waals surface area contributed by atoms with Crippen molar-refractivity contribution in [3.05, 3.63) is 0 Å². The molecule has 84 valence electrons. The third kappa shape index (κ3) is 4.58. The van der Waals surface area contributed by atoms with Gasteiger partial charge in [-0.05, 0) is 25.2 Å². The van der Waals surface area contributed by atoms with E-state index in [4.69, 9.17) is 28.5 Å². The zero-order valence-electron chi connectivity index (χ0n) is 9.10. The molecule has 0 saturated heterocycles. The topological polar surface area (TPSA) is 12.5 Å². The molecule has 0 N–H and O–H groups in total. The summed E-state index contributed by atoms with van der Waals surface area (Å²) in [4.78, 5) is 0. The van der Waals surface area contributed by atoms with Gasteiger partial charge in [0.15, 0.2) is 0 Å². The first-order chi connectivity index (χ1) is 6.50. The van der Waals surface area contributed by atoms with Crippen LogP contribution < -0.4 is 0 Å². The normalized spacial score (nSPS) is 17.1. The lowest BCUT2D eigenvalue weighted by molar-refractivity contribution is 0.369. The average Bonchev–Trinajstić information content (AvgIpc) is 2.16. The van der Waals surface area contributed by atoms with Crippen LogP contribution >= 0.6 is 29.2 Å². The maximum atomic E-state index is 5.67. The van der Waals surface area contributed by atoms with Gasteiger partial charge in [0.05, 0.1) is 12.1 Å². The minimum absolute atomic E-state index is 0.518. The highest BCUT2D eigenvalue weighted by Gasteiger charge is 2.24. The van der Waals surface area contributed by atoms with Crippen molar-refractivity contribution < 1.29 is 4.52 Å². The Morgan fingerprint density at radius 2 is 2.14 bits per heavy atom. The fourth-order valence-electron chi connectivity index (χ4n) is 0.719. The van der Waals surface area contributed by atoms with Gasteiger partial charge in [-0.25, -0.2) is 0 Å². The summed E-state index contributed by atoms with van der Waals surface area (Å²) in [5, 5.41) is 0.518. The Morgan fingerprint density at radius 3 is 2.50 bits per heavy atom. The minimum Gasteiger partial charge on any atom is -0.327 e. The Bertz CT molecular complexity index is 225. The maximum absolute atomic E-state index is 5.67. The third-order valence-corrected chi connectivity index (χ3v) is 9.46. The highest BCUT2D eigenvalue weighted by Crippen LogP contribution is 2.63. The molecule has 0 rings (SSSR count). The van der Waals surface area contributed by atoms with Gasteiger partial charge in [0, 0.05) is 12.3 Å². The number of thiocarbonyl (C=S) groups is 1. The summed E-state index contributed by atoms with van der Waals surface area (Å²) in [5.41, 5.74) is -0.370. The molecule has 0 amide bonds. The summed E-state index contributed by atoms with van der Waals surface area (Å²) in [6.45, 7) is 6.94. The van der Waals surface area contributed by atoms with Crippen molar-refractivity contribution in [2.24, 2.45) is 0 Å². The minimum atomic E-state index is -1.96. The molecule has 0 aromatic rings. The van der Waals surface area contributed by atoms with Crippen LogP contribution in [0.2, 0.25) is 0 Å². The van der Waals surface area contributed by atoms with E-state index in [0.29, 0.717) is 11.9 Å². The first-order valence-electron chi connectivity index (χ1n) is 4.61. The fourth-order valence-corrected chi connectivity index (χ4v) is 7.59. The number of hydrogen-bond donors (Lipinski definition) is 0. The molecule has 2 atom stereocenters. The maximum Gasteiger partial charge on any atom is 0.213 e. The van der Waals surface area contributed by atoms with E-state index < -0.39 is 5.62 Å². The predicted molar refractivity (Wildman–Crippen MR) is 74.7 cm³/mol. The van der Waals surface area contributed by atoms with Crippen molar-refractivity contribution in [3.63, 3.8) is 0 Å². The lowest BCUT2D eigenvalue weighted by Crippen LogP contribution is -2.13. The van der Waals surface area contributed by atoms with Gasteiger partial charge in [0.25, 0.3) is 0 Å². The van der Waals surface area contributed by atoms with E-state index in [1.807, 2.05) is 18.6 Å². The zero-order valence-corrected chi connectivity index (χ0v) is 12.4. The van der Waals surface area contributed by atoms with E-state index in [0.717, 1.165) is 6.42 Å². The molecular formula is C8H18NOPS3. The van der Waals surface area contributed by atoms with Gasteiger partial charge in [0.1, 0.15) is 0 Å². The smallest absolute Gasteiger partial charge is 0.213 e. The van der Waals surface area contributed by atoms with Crippen molar-refractivity contribution in [2.45, 2.75) is 32.4 Å². The molecular weight excluding hydrogens is 253 g/mol. The quantitative estimate of drug-likeness (QED) is 0.516. The largest absolute Gasteiger partial charge is 0.327 e. The van der Waals surface area contributed by atoms with Gasteiger partial charge >= 0.3 is 0 Å². The average molecular weight is 271 g/mol. The molecule has 14 heavy (non-hydrogen) atoms. The van der Waals surface area contributed by atoms with Crippen LogP contribution in [0, 0.1) is 0 Å². The molecule has 0 fully saturated rings. The first kappa shape index (κ1) is 14.8. The molecule has 0 aromatic heterocycles. The van der Waals surface area contributed by atoms with Crippen LogP contribution in [0.5, 0.6) is 0 Å². The zero-order chi connectivity index (χ0) is 11.2. The Balaban J connectivity index is 4.54. The Hall–Kier alpha value is 0.850. The standard InChI is InChI=1S/C8H18NOPS3/c1-5-8(3)14-11(13,10-6-2)9(4)7-12/h7-8H,5-6H2,1-4H3. The van der Waals surface area contributed by atoms with Gasteiger partial charge in [-0.2, -0.15) is 0 Å². The van der Waals surface area contributed by atoms with Gasteiger partial charge in [-0.1, -0.05) is 37.4 Å². The van der Waals surface area contributed by atoms with Crippen LogP contribution in [-0.4, -0.2) is 29.1 Å². The molecule has 0 bridgehead atoms. The van der Waals surface area contributed by atoms with Gasteiger partial charge in [-0.15, -0.1) is 0 Å². The lowest BCUT2D eigenvalue weighted by Gasteiger charge is -2.30. The molecule has 0 aliphatic carbocycles. The molecule has 0 radical (unpaired) electrons. The highest BCUT2D eigenvalue weighted by molar-refractivity contribution is 8.69. The Labute approximate surface area is 102 Å². The molecule has 0 saturated carbocycles. The van der Waals surface area contributed by atoms with E-state index in [1.54, 1.807) is 16.9 Å². The van der Waals surface area contributed by atoms with E-state index in [-0.39, 0.29) is 0 Å². The second-order valence-corrected chi connectivity index (χ2v) is 10.2. The van der Waals surface area contributed by atoms with Crippen molar-refractivity contribution in [1.82, 2.24) is 4.67 Å². The third-order valence-electron chi connectivity index (χ3n) is 1.72. The van der Waals surface area contributed by atoms with Crippen molar-refractivity contribution in [1.29, 1.82) is 0 Å². The molecule has 0 aromatic carbocycles. The first-order valence-corrected chi connectivity index (χ1v) is 9.24. The van der Waals surface area contributed by atoms with Crippen LogP contribution in [0.1, 0.15) is 27.2 Å². The highest BCUT2D eigenvalue weighted by atomic mass is 32.9. The van der Waals surface area contributed by atoms with Gasteiger partial charge in [-0.3, -0.25) is 0 Å². The Morgan fingerprint density at radius 1 is 1.57 bits per heavy atom. The van der Waals surface area contributed by atoms with Crippen LogP contribution in [0.15, 0.2) is 0 Å². The molecule has 0 heterocycles. The van der Waals surface area contributed by atoms with Crippen LogP contribution in [-0.2, 0) is 16.3 Å². The fraction of sp³-hybridized carbons (Fsp3) is 0.875. The van der Waals surface area contributed by atoms with Crippen molar-refractivity contribution in [3.8, 4) is 0 Å². The number of hydrogen-bond acceptors (Lipinski definition) is 4. The molecule has 6 heteroatoms. The monoisotopic (exact) mass is 271 g/mol. The summed E-state index contributed by atoms with van der Waals surface area (Å²) in [6.07, 6.45) is 1.10. The molecule has 2 nitrogen and oxygen atoms in total. The SMILES string of the molecule is CCOP(=S)(SC(C)CC)N(C)C=S.